The van der Waals surface area contributed by atoms with Crippen molar-refractivity contribution >= 4 is 29.9 Å². The molecule has 0 bridgehead atoms. The lowest BCUT2D eigenvalue weighted by atomic mass is 9.95. The molecule has 0 aliphatic carbocycles. The third-order valence-electron chi connectivity index (χ3n) is 4.78. The van der Waals surface area contributed by atoms with E-state index in [0.29, 0.717) is 5.92 Å². The second-order valence-electron chi connectivity index (χ2n) is 6.79. The smallest absolute Gasteiger partial charge is 0.193 e. The average Bonchev–Trinajstić information content (AvgIpc) is 3.15. The molecule has 0 amide bonds. The topological polar surface area (TPSA) is 36.9 Å². The van der Waals surface area contributed by atoms with E-state index in [1.54, 1.807) is 0 Å². The molecule has 1 aliphatic heterocycles. The van der Waals surface area contributed by atoms with Crippen molar-refractivity contribution in [2.75, 3.05) is 26.7 Å². The molecular formula is C22H30IN3O. The molecule has 1 heterocycles. The summed E-state index contributed by atoms with van der Waals surface area (Å²) in [6.07, 6.45) is 1.22. The molecule has 3 rings (SSSR count). The Balaban J connectivity index is 0.00000261. The number of hydrogen-bond acceptors (Lipinski definition) is 2. The highest BCUT2D eigenvalue weighted by Gasteiger charge is 2.29. The summed E-state index contributed by atoms with van der Waals surface area (Å²) in [4.78, 5) is 7.11. The van der Waals surface area contributed by atoms with Gasteiger partial charge in [0.05, 0.1) is 6.10 Å². The fourth-order valence-corrected chi connectivity index (χ4v) is 3.44. The molecule has 1 saturated heterocycles. The van der Waals surface area contributed by atoms with Crippen molar-refractivity contribution in [3.05, 3.63) is 71.8 Å². The number of ether oxygens (including phenoxy) is 1. The summed E-state index contributed by atoms with van der Waals surface area (Å²) in [6, 6.07) is 21.0. The molecule has 0 spiro atoms. The standard InChI is InChI=1S/C22H29N3O.HI/c1-3-23-22(25(2)17-18-10-6-4-7-11-18)24-16-20-14-15-26-21(20)19-12-8-5-9-13-19;/h4-13,20-21H,3,14-17H2,1-2H3,(H,23,24);1H. The summed E-state index contributed by atoms with van der Waals surface area (Å²) in [6.45, 7) is 5.41. The summed E-state index contributed by atoms with van der Waals surface area (Å²) in [5, 5.41) is 3.42. The largest absolute Gasteiger partial charge is 0.373 e. The highest BCUT2D eigenvalue weighted by atomic mass is 127. The quantitative estimate of drug-likeness (QED) is 0.377. The van der Waals surface area contributed by atoms with Crippen LogP contribution in [0.4, 0.5) is 0 Å². The third-order valence-corrected chi connectivity index (χ3v) is 4.78. The van der Waals surface area contributed by atoms with Crippen LogP contribution in [-0.2, 0) is 11.3 Å². The van der Waals surface area contributed by atoms with Gasteiger partial charge in [-0.2, -0.15) is 0 Å². The fourth-order valence-electron chi connectivity index (χ4n) is 3.44. The molecule has 4 nitrogen and oxygen atoms in total. The zero-order valence-corrected chi connectivity index (χ0v) is 18.5. The van der Waals surface area contributed by atoms with Crippen LogP contribution in [0.3, 0.4) is 0 Å². The Morgan fingerprint density at radius 2 is 1.78 bits per heavy atom. The monoisotopic (exact) mass is 479 g/mol. The van der Waals surface area contributed by atoms with Crippen LogP contribution in [0.25, 0.3) is 0 Å². The summed E-state index contributed by atoms with van der Waals surface area (Å²) < 4.78 is 6.00. The second-order valence-corrected chi connectivity index (χ2v) is 6.79. The van der Waals surface area contributed by atoms with Gasteiger partial charge in [-0.15, -0.1) is 24.0 Å². The lowest BCUT2D eigenvalue weighted by Gasteiger charge is -2.23. The van der Waals surface area contributed by atoms with E-state index in [1.165, 1.54) is 11.1 Å². The number of rotatable bonds is 6. The number of hydrogen-bond donors (Lipinski definition) is 1. The summed E-state index contributed by atoms with van der Waals surface area (Å²) in [5.41, 5.74) is 2.54. The summed E-state index contributed by atoms with van der Waals surface area (Å²) in [5.74, 6) is 1.38. The Kier molecular flexibility index (Phi) is 9.07. The minimum atomic E-state index is 0. The fraction of sp³-hybridized carbons (Fsp3) is 0.409. The van der Waals surface area contributed by atoms with E-state index < -0.39 is 0 Å². The third kappa shape index (κ3) is 6.21. The maximum atomic E-state index is 6.00. The molecule has 0 radical (unpaired) electrons. The van der Waals surface area contributed by atoms with Gasteiger partial charge in [0.25, 0.3) is 0 Å². The number of halogens is 1. The number of aliphatic imine (C=N–C) groups is 1. The van der Waals surface area contributed by atoms with Gasteiger partial charge in [-0.1, -0.05) is 60.7 Å². The average molecular weight is 479 g/mol. The molecular weight excluding hydrogens is 449 g/mol. The highest BCUT2D eigenvalue weighted by Crippen LogP contribution is 2.34. The molecule has 0 aromatic heterocycles. The molecule has 2 aromatic carbocycles. The number of benzene rings is 2. The number of nitrogens with zero attached hydrogens (tertiary/aromatic N) is 2. The Bertz CT molecular complexity index is 693. The van der Waals surface area contributed by atoms with Crippen molar-refractivity contribution in [3.8, 4) is 0 Å². The lowest BCUT2D eigenvalue weighted by Crippen LogP contribution is -2.38. The van der Waals surface area contributed by atoms with Gasteiger partial charge in [-0.05, 0) is 24.5 Å². The molecule has 2 atom stereocenters. The van der Waals surface area contributed by atoms with Gasteiger partial charge in [0.1, 0.15) is 0 Å². The molecule has 1 N–H and O–H groups in total. The van der Waals surface area contributed by atoms with Crippen molar-refractivity contribution in [1.29, 1.82) is 0 Å². The maximum absolute atomic E-state index is 6.00. The van der Waals surface area contributed by atoms with Gasteiger partial charge >= 0.3 is 0 Å². The van der Waals surface area contributed by atoms with E-state index in [4.69, 9.17) is 9.73 Å². The molecule has 27 heavy (non-hydrogen) atoms. The van der Waals surface area contributed by atoms with E-state index in [0.717, 1.165) is 38.6 Å². The van der Waals surface area contributed by atoms with E-state index in [2.05, 4.69) is 72.7 Å². The Hall–Kier alpha value is -1.60. The number of guanidine groups is 1. The number of nitrogens with one attached hydrogen (secondary N) is 1. The van der Waals surface area contributed by atoms with Crippen LogP contribution in [0.1, 0.15) is 30.6 Å². The predicted octanol–water partition coefficient (Wildman–Crippen LogP) is 4.48. The van der Waals surface area contributed by atoms with Crippen molar-refractivity contribution in [1.82, 2.24) is 10.2 Å². The van der Waals surface area contributed by atoms with Crippen LogP contribution < -0.4 is 5.32 Å². The molecule has 0 saturated carbocycles. The first kappa shape index (κ1) is 21.7. The van der Waals surface area contributed by atoms with Crippen LogP contribution in [0, 0.1) is 5.92 Å². The Morgan fingerprint density at radius 1 is 1.11 bits per heavy atom. The molecule has 2 aromatic rings. The van der Waals surface area contributed by atoms with E-state index in [9.17, 15) is 0 Å². The van der Waals surface area contributed by atoms with Gasteiger partial charge < -0.3 is 15.0 Å². The molecule has 1 aliphatic rings. The molecule has 2 unspecified atom stereocenters. The van der Waals surface area contributed by atoms with Crippen molar-refractivity contribution in [3.63, 3.8) is 0 Å². The minimum absolute atomic E-state index is 0. The first-order valence-corrected chi connectivity index (χ1v) is 9.48. The first-order valence-electron chi connectivity index (χ1n) is 9.48. The Labute approximate surface area is 180 Å². The maximum Gasteiger partial charge on any atom is 0.193 e. The Morgan fingerprint density at radius 3 is 2.44 bits per heavy atom. The van der Waals surface area contributed by atoms with Crippen LogP contribution in [0.2, 0.25) is 0 Å². The lowest BCUT2D eigenvalue weighted by molar-refractivity contribution is 0.0925. The van der Waals surface area contributed by atoms with Gasteiger partial charge in [-0.25, -0.2) is 0 Å². The molecule has 146 valence electrons. The molecule has 1 fully saturated rings. The van der Waals surface area contributed by atoms with Crippen molar-refractivity contribution in [2.45, 2.75) is 26.0 Å². The predicted molar refractivity (Wildman–Crippen MR) is 123 cm³/mol. The summed E-state index contributed by atoms with van der Waals surface area (Å²) >= 11 is 0. The van der Waals surface area contributed by atoms with E-state index >= 15 is 0 Å². The zero-order chi connectivity index (χ0) is 18.2. The highest BCUT2D eigenvalue weighted by molar-refractivity contribution is 14.0. The SMILES string of the molecule is CCNC(=NCC1CCOC1c1ccccc1)N(C)Cc1ccccc1.I. The van der Waals surface area contributed by atoms with E-state index in [1.807, 2.05) is 12.1 Å². The van der Waals surface area contributed by atoms with Gasteiger partial charge in [0, 0.05) is 39.2 Å². The van der Waals surface area contributed by atoms with Gasteiger partial charge in [0.15, 0.2) is 5.96 Å². The molecule has 5 heteroatoms. The normalized spacial score (nSPS) is 19.4. The van der Waals surface area contributed by atoms with Crippen LogP contribution in [0.5, 0.6) is 0 Å². The van der Waals surface area contributed by atoms with Crippen molar-refractivity contribution in [2.24, 2.45) is 10.9 Å². The minimum Gasteiger partial charge on any atom is -0.373 e. The summed E-state index contributed by atoms with van der Waals surface area (Å²) in [7, 11) is 2.09. The zero-order valence-electron chi connectivity index (χ0n) is 16.2. The van der Waals surface area contributed by atoms with Crippen LogP contribution >= 0.6 is 24.0 Å². The van der Waals surface area contributed by atoms with Gasteiger partial charge in [0.2, 0.25) is 0 Å². The van der Waals surface area contributed by atoms with E-state index in [-0.39, 0.29) is 30.1 Å². The van der Waals surface area contributed by atoms with Crippen LogP contribution in [0.15, 0.2) is 65.7 Å². The van der Waals surface area contributed by atoms with Gasteiger partial charge in [-0.3, -0.25) is 4.99 Å². The van der Waals surface area contributed by atoms with Crippen LogP contribution in [-0.4, -0.2) is 37.6 Å². The van der Waals surface area contributed by atoms with Crippen molar-refractivity contribution < 1.29 is 4.74 Å². The first-order chi connectivity index (χ1) is 12.8. The second kappa shape index (κ2) is 11.3.